The Morgan fingerprint density at radius 2 is 2.14 bits per heavy atom. The maximum Gasteiger partial charge on any atom is 0.407 e. The average Bonchev–Trinajstić information content (AvgIpc) is 3.00. The minimum absolute atomic E-state index is 0.357. The standard InChI is InChI=1S/C16H27N3O2/c1-16(2,3)21-15(20)18-9-8-14-10-17-12-19(14)11-13-6-4-5-7-13/h10,12-13H,4-9,11H2,1-3H3,(H,18,20). The van der Waals surface area contributed by atoms with Gasteiger partial charge in [-0.3, -0.25) is 0 Å². The van der Waals surface area contributed by atoms with Crippen molar-refractivity contribution in [3.63, 3.8) is 0 Å². The first-order valence-corrected chi connectivity index (χ1v) is 7.90. The van der Waals surface area contributed by atoms with Gasteiger partial charge in [-0.25, -0.2) is 9.78 Å². The molecule has 0 spiro atoms. The van der Waals surface area contributed by atoms with Crippen LogP contribution < -0.4 is 5.32 Å². The highest BCUT2D eigenvalue weighted by Gasteiger charge is 2.17. The largest absolute Gasteiger partial charge is 0.444 e. The number of rotatable bonds is 5. The normalized spacial score (nSPS) is 16.1. The monoisotopic (exact) mass is 293 g/mol. The Bertz CT molecular complexity index is 456. The second kappa shape index (κ2) is 6.96. The Hall–Kier alpha value is -1.52. The lowest BCUT2D eigenvalue weighted by Crippen LogP contribution is -2.33. The molecular weight excluding hydrogens is 266 g/mol. The Labute approximate surface area is 127 Å². The van der Waals surface area contributed by atoms with Gasteiger partial charge in [0.2, 0.25) is 0 Å². The summed E-state index contributed by atoms with van der Waals surface area (Å²) in [5.74, 6) is 0.789. The number of amides is 1. The van der Waals surface area contributed by atoms with E-state index in [1.807, 2.05) is 33.3 Å². The summed E-state index contributed by atoms with van der Waals surface area (Å²) in [7, 11) is 0. The predicted octanol–water partition coefficient (Wildman–Crippen LogP) is 3.14. The number of nitrogens with one attached hydrogen (secondary N) is 1. The molecule has 1 saturated carbocycles. The topological polar surface area (TPSA) is 56.1 Å². The Morgan fingerprint density at radius 1 is 1.43 bits per heavy atom. The van der Waals surface area contributed by atoms with Crippen LogP contribution in [0, 0.1) is 5.92 Å². The second-order valence-electron chi connectivity index (χ2n) is 6.87. The first-order chi connectivity index (χ1) is 9.94. The van der Waals surface area contributed by atoms with Crippen LogP contribution in [-0.2, 0) is 17.7 Å². The molecule has 1 heterocycles. The fourth-order valence-electron chi connectivity index (χ4n) is 2.80. The van der Waals surface area contributed by atoms with E-state index >= 15 is 0 Å². The number of imidazole rings is 1. The third-order valence-corrected chi connectivity index (χ3v) is 3.78. The number of aromatic nitrogens is 2. The highest BCUT2D eigenvalue weighted by atomic mass is 16.6. The Morgan fingerprint density at radius 3 is 2.81 bits per heavy atom. The van der Waals surface area contributed by atoms with Gasteiger partial charge in [0.15, 0.2) is 0 Å². The van der Waals surface area contributed by atoms with Gasteiger partial charge in [-0.2, -0.15) is 0 Å². The molecule has 5 heteroatoms. The van der Waals surface area contributed by atoms with E-state index in [0.717, 1.165) is 18.9 Å². The highest BCUT2D eigenvalue weighted by Crippen LogP contribution is 2.26. The van der Waals surface area contributed by atoms with Crippen molar-refractivity contribution in [3.8, 4) is 0 Å². The molecule has 1 amide bonds. The number of hydrogen-bond acceptors (Lipinski definition) is 3. The van der Waals surface area contributed by atoms with Crippen LogP contribution in [-0.4, -0.2) is 27.8 Å². The van der Waals surface area contributed by atoms with E-state index in [4.69, 9.17) is 4.74 Å². The fourth-order valence-corrected chi connectivity index (χ4v) is 2.80. The summed E-state index contributed by atoms with van der Waals surface area (Å²) < 4.78 is 7.45. The predicted molar refractivity (Wildman–Crippen MR) is 82.1 cm³/mol. The van der Waals surface area contributed by atoms with Crippen molar-refractivity contribution in [1.29, 1.82) is 0 Å². The second-order valence-corrected chi connectivity index (χ2v) is 6.87. The molecule has 1 fully saturated rings. The molecule has 1 aliphatic rings. The van der Waals surface area contributed by atoms with Gasteiger partial charge in [0.25, 0.3) is 0 Å². The van der Waals surface area contributed by atoms with E-state index in [9.17, 15) is 4.79 Å². The molecule has 1 aliphatic carbocycles. The zero-order valence-corrected chi connectivity index (χ0v) is 13.4. The summed E-state index contributed by atoms with van der Waals surface area (Å²) in [5, 5.41) is 2.80. The summed E-state index contributed by atoms with van der Waals surface area (Å²) in [6.45, 7) is 7.23. The fraction of sp³-hybridized carbons (Fsp3) is 0.750. The number of nitrogens with zero attached hydrogens (tertiary/aromatic N) is 2. The van der Waals surface area contributed by atoms with E-state index in [-0.39, 0.29) is 6.09 Å². The summed E-state index contributed by atoms with van der Waals surface area (Å²) in [6, 6.07) is 0. The van der Waals surface area contributed by atoms with Crippen LogP contribution in [0.4, 0.5) is 4.79 Å². The van der Waals surface area contributed by atoms with Crippen molar-refractivity contribution in [2.24, 2.45) is 5.92 Å². The summed E-state index contributed by atoms with van der Waals surface area (Å²) >= 11 is 0. The SMILES string of the molecule is CC(C)(C)OC(=O)NCCc1cncn1CC1CCCC1. The lowest BCUT2D eigenvalue weighted by Gasteiger charge is -2.19. The smallest absolute Gasteiger partial charge is 0.407 e. The maximum atomic E-state index is 11.6. The third-order valence-electron chi connectivity index (χ3n) is 3.78. The molecule has 5 nitrogen and oxygen atoms in total. The molecule has 21 heavy (non-hydrogen) atoms. The van der Waals surface area contributed by atoms with Gasteiger partial charge < -0.3 is 14.6 Å². The van der Waals surface area contributed by atoms with Crippen molar-refractivity contribution in [3.05, 3.63) is 18.2 Å². The van der Waals surface area contributed by atoms with Crippen LogP contribution in [0.25, 0.3) is 0 Å². The molecule has 0 bridgehead atoms. The third kappa shape index (κ3) is 5.40. The van der Waals surface area contributed by atoms with Gasteiger partial charge in [-0.1, -0.05) is 12.8 Å². The number of ether oxygens (including phenoxy) is 1. The van der Waals surface area contributed by atoms with Crippen LogP contribution in [0.3, 0.4) is 0 Å². The van der Waals surface area contributed by atoms with Crippen molar-refractivity contribution in [2.75, 3.05) is 6.54 Å². The van der Waals surface area contributed by atoms with Crippen molar-refractivity contribution in [2.45, 2.75) is 65.0 Å². The molecule has 1 aromatic heterocycles. The minimum Gasteiger partial charge on any atom is -0.444 e. The van der Waals surface area contributed by atoms with E-state index in [1.165, 1.54) is 31.4 Å². The molecule has 1 N–H and O–H groups in total. The average molecular weight is 293 g/mol. The number of carbonyl (C=O) groups excluding carboxylic acids is 1. The highest BCUT2D eigenvalue weighted by molar-refractivity contribution is 5.67. The van der Waals surface area contributed by atoms with E-state index in [1.54, 1.807) is 0 Å². The molecule has 0 aliphatic heterocycles. The van der Waals surface area contributed by atoms with Gasteiger partial charge in [-0.15, -0.1) is 0 Å². The lowest BCUT2D eigenvalue weighted by atomic mass is 10.1. The Kier molecular flexibility index (Phi) is 5.26. The molecule has 0 radical (unpaired) electrons. The molecule has 0 saturated heterocycles. The molecule has 0 unspecified atom stereocenters. The molecule has 118 valence electrons. The molecule has 1 aromatic rings. The van der Waals surface area contributed by atoms with Crippen molar-refractivity contribution in [1.82, 2.24) is 14.9 Å². The van der Waals surface area contributed by atoms with Crippen LogP contribution >= 0.6 is 0 Å². The first kappa shape index (κ1) is 15.9. The molecule has 2 rings (SSSR count). The van der Waals surface area contributed by atoms with Crippen LogP contribution in [0.2, 0.25) is 0 Å². The van der Waals surface area contributed by atoms with Crippen molar-refractivity contribution < 1.29 is 9.53 Å². The molecule has 0 atom stereocenters. The van der Waals surface area contributed by atoms with Gasteiger partial charge >= 0.3 is 6.09 Å². The minimum atomic E-state index is -0.450. The number of carbonyl (C=O) groups is 1. The lowest BCUT2D eigenvalue weighted by molar-refractivity contribution is 0.0528. The summed E-state index contributed by atoms with van der Waals surface area (Å²) in [4.78, 5) is 15.8. The zero-order chi connectivity index (χ0) is 15.3. The van der Waals surface area contributed by atoms with Gasteiger partial charge in [-0.05, 0) is 39.5 Å². The molecule has 0 aromatic carbocycles. The van der Waals surface area contributed by atoms with Gasteiger partial charge in [0.05, 0.1) is 6.33 Å². The van der Waals surface area contributed by atoms with E-state index in [0.29, 0.717) is 6.54 Å². The number of hydrogen-bond donors (Lipinski definition) is 1. The first-order valence-electron chi connectivity index (χ1n) is 7.90. The quantitative estimate of drug-likeness (QED) is 0.907. The zero-order valence-electron chi connectivity index (χ0n) is 13.4. The summed E-state index contributed by atoms with van der Waals surface area (Å²) in [5.41, 5.74) is 0.729. The van der Waals surface area contributed by atoms with E-state index in [2.05, 4.69) is 14.9 Å². The van der Waals surface area contributed by atoms with Crippen LogP contribution in [0.5, 0.6) is 0 Å². The Balaban J connectivity index is 1.76. The molecular formula is C16H27N3O2. The van der Waals surface area contributed by atoms with E-state index < -0.39 is 5.60 Å². The van der Waals surface area contributed by atoms with Gasteiger partial charge in [0.1, 0.15) is 5.60 Å². The summed E-state index contributed by atoms with van der Waals surface area (Å²) in [6.07, 6.45) is 9.59. The van der Waals surface area contributed by atoms with Crippen molar-refractivity contribution >= 4 is 6.09 Å². The number of alkyl carbamates (subject to hydrolysis) is 1. The van der Waals surface area contributed by atoms with Crippen LogP contribution in [0.15, 0.2) is 12.5 Å². The maximum absolute atomic E-state index is 11.6. The van der Waals surface area contributed by atoms with Crippen LogP contribution in [0.1, 0.15) is 52.1 Å². The van der Waals surface area contributed by atoms with Gasteiger partial charge in [0, 0.05) is 31.4 Å².